The van der Waals surface area contributed by atoms with Crippen LogP contribution in [0.2, 0.25) is 0 Å². The molecule has 12 rings (SSSR count). The quantitative estimate of drug-likeness (QED) is 0.151. The van der Waals surface area contributed by atoms with Gasteiger partial charge in [0.1, 0.15) is 0 Å². The minimum absolute atomic E-state index is 0.714. The second-order valence-corrected chi connectivity index (χ2v) is 16.0. The predicted octanol–water partition coefficient (Wildman–Crippen LogP) is 15.3. The van der Waals surface area contributed by atoms with E-state index in [4.69, 9.17) is 15.0 Å². The minimum atomic E-state index is 0.714. The molecule has 294 valence electrons. The van der Waals surface area contributed by atoms with Crippen LogP contribution >= 0.6 is 0 Å². The van der Waals surface area contributed by atoms with E-state index in [1.807, 2.05) is 36.4 Å². The molecule has 12 aromatic rings. The standard InChI is InChI=1S/C59H38N4/c1-4-15-44(16-5-1)52-38-53(62-59(61-52)47-17-6-2-7-18-47)45-32-28-41(29-33-45)39-24-26-40(27-25-39)42-30-34-46(35-31-42)57-56-50-22-12-13-23-54(50)63(48-19-8-3-9-20-48)58(56)55-49-21-11-10-14-43(49)36-37-51(55)60-57/h1-38H. The lowest BCUT2D eigenvalue weighted by Crippen LogP contribution is -1.96. The smallest absolute Gasteiger partial charge is 0.160 e. The summed E-state index contributed by atoms with van der Waals surface area (Å²) in [7, 11) is 0. The number of benzene rings is 9. The second-order valence-electron chi connectivity index (χ2n) is 16.0. The maximum absolute atomic E-state index is 5.47. The molecule has 63 heavy (non-hydrogen) atoms. The Bertz CT molecular complexity index is 3560. The molecule has 0 spiro atoms. The molecule has 0 aliphatic carbocycles. The van der Waals surface area contributed by atoms with Gasteiger partial charge in [-0.15, -0.1) is 0 Å². The lowest BCUT2D eigenvalue weighted by Gasteiger charge is -2.14. The summed E-state index contributed by atoms with van der Waals surface area (Å²) in [6.07, 6.45) is 0. The van der Waals surface area contributed by atoms with Gasteiger partial charge < -0.3 is 4.57 Å². The van der Waals surface area contributed by atoms with Gasteiger partial charge in [0.05, 0.1) is 33.6 Å². The molecule has 4 heteroatoms. The van der Waals surface area contributed by atoms with Gasteiger partial charge in [-0.3, -0.25) is 0 Å². The zero-order chi connectivity index (χ0) is 41.7. The van der Waals surface area contributed by atoms with Gasteiger partial charge in [-0.2, -0.15) is 0 Å². The highest BCUT2D eigenvalue weighted by Gasteiger charge is 2.22. The summed E-state index contributed by atoms with van der Waals surface area (Å²) in [4.78, 5) is 15.4. The Morgan fingerprint density at radius 2 is 0.794 bits per heavy atom. The number of rotatable bonds is 7. The van der Waals surface area contributed by atoms with Crippen LogP contribution in [0.15, 0.2) is 231 Å². The van der Waals surface area contributed by atoms with E-state index in [0.29, 0.717) is 5.82 Å². The number of para-hydroxylation sites is 2. The lowest BCUT2D eigenvalue weighted by atomic mass is 9.96. The van der Waals surface area contributed by atoms with Crippen molar-refractivity contribution in [1.82, 2.24) is 19.5 Å². The van der Waals surface area contributed by atoms with Crippen molar-refractivity contribution in [3.8, 4) is 73.1 Å². The van der Waals surface area contributed by atoms with Gasteiger partial charge in [0, 0.05) is 44.1 Å². The highest BCUT2D eigenvalue weighted by atomic mass is 15.0. The molecule has 3 heterocycles. The highest BCUT2D eigenvalue weighted by Crippen LogP contribution is 2.43. The number of nitrogens with zero attached hydrogens (tertiary/aromatic N) is 4. The van der Waals surface area contributed by atoms with Crippen molar-refractivity contribution in [2.75, 3.05) is 0 Å². The van der Waals surface area contributed by atoms with Crippen molar-refractivity contribution in [2.45, 2.75) is 0 Å². The normalized spacial score (nSPS) is 11.5. The van der Waals surface area contributed by atoms with Gasteiger partial charge in [-0.1, -0.05) is 200 Å². The van der Waals surface area contributed by atoms with E-state index in [1.165, 1.54) is 27.1 Å². The number of fused-ring (bicyclic) bond motifs is 7. The zero-order valence-corrected chi connectivity index (χ0v) is 34.2. The van der Waals surface area contributed by atoms with Crippen molar-refractivity contribution in [1.29, 1.82) is 0 Å². The van der Waals surface area contributed by atoms with Crippen molar-refractivity contribution < 1.29 is 0 Å². The predicted molar refractivity (Wildman–Crippen MR) is 262 cm³/mol. The van der Waals surface area contributed by atoms with Crippen LogP contribution in [0.1, 0.15) is 0 Å². The molecule has 0 aliphatic heterocycles. The van der Waals surface area contributed by atoms with Crippen molar-refractivity contribution in [3.05, 3.63) is 231 Å². The van der Waals surface area contributed by atoms with Crippen molar-refractivity contribution in [3.63, 3.8) is 0 Å². The van der Waals surface area contributed by atoms with Crippen molar-refractivity contribution >= 4 is 43.5 Å². The molecule has 0 amide bonds. The van der Waals surface area contributed by atoms with E-state index in [1.54, 1.807) is 0 Å². The number of hydrogen-bond acceptors (Lipinski definition) is 3. The van der Waals surface area contributed by atoms with Crippen molar-refractivity contribution in [2.24, 2.45) is 0 Å². The Hall–Kier alpha value is -8.47. The molecule has 0 radical (unpaired) electrons. The van der Waals surface area contributed by atoms with Crippen LogP contribution in [0.4, 0.5) is 0 Å². The van der Waals surface area contributed by atoms with E-state index in [2.05, 4.69) is 199 Å². The maximum atomic E-state index is 5.47. The first-order valence-electron chi connectivity index (χ1n) is 21.4. The monoisotopic (exact) mass is 802 g/mol. The summed E-state index contributed by atoms with van der Waals surface area (Å²) in [5.41, 5.74) is 16.0. The first-order chi connectivity index (χ1) is 31.2. The van der Waals surface area contributed by atoms with Crippen LogP contribution in [0.3, 0.4) is 0 Å². The summed E-state index contributed by atoms with van der Waals surface area (Å²) in [6, 6.07) is 81.5. The van der Waals surface area contributed by atoms with Crippen LogP contribution in [0, 0.1) is 0 Å². The molecule has 0 atom stereocenters. The van der Waals surface area contributed by atoms with E-state index >= 15 is 0 Å². The van der Waals surface area contributed by atoms with Crippen LogP contribution in [-0.2, 0) is 0 Å². The fourth-order valence-electron chi connectivity index (χ4n) is 9.13. The average Bonchev–Trinajstić information content (AvgIpc) is 3.72. The van der Waals surface area contributed by atoms with Crippen LogP contribution in [0.25, 0.3) is 117 Å². The van der Waals surface area contributed by atoms with Crippen LogP contribution < -0.4 is 0 Å². The molecule has 0 saturated heterocycles. The van der Waals surface area contributed by atoms with Gasteiger partial charge in [0.2, 0.25) is 0 Å². The molecule has 0 aliphatic rings. The van der Waals surface area contributed by atoms with E-state index in [0.717, 1.165) is 83.7 Å². The van der Waals surface area contributed by atoms with E-state index < -0.39 is 0 Å². The van der Waals surface area contributed by atoms with E-state index in [9.17, 15) is 0 Å². The topological polar surface area (TPSA) is 43.6 Å². The van der Waals surface area contributed by atoms with Gasteiger partial charge in [-0.25, -0.2) is 15.0 Å². The zero-order valence-electron chi connectivity index (χ0n) is 34.2. The number of aromatic nitrogens is 4. The summed E-state index contributed by atoms with van der Waals surface area (Å²) in [6.45, 7) is 0. The molecule has 9 aromatic carbocycles. The average molecular weight is 803 g/mol. The van der Waals surface area contributed by atoms with Gasteiger partial charge in [-0.05, 0) is 63.4 Å². The molecule has 0 N–H and O–H groups in total. The third kappa shape index (κ3) is 6.44. The SMILES string of the molecule is c1ccc(-c2cc(-c3ccc(-c4ccc(-c5ccc(-c6nc7ccc8ccccc8c7c7c6c6ccccc6n7-c6ccccc6)cc5)cc4)cc3)nc(-c3ccccc3)n2)cc1. The lowest BCUT2D eigenvalue weighted by molar-refractivity contribution is 1.18. The minimum Gasteiger partial charge on any atom is -0.308 e. The second kappa shape index (κ2) is 15.2. The summed E-state index contributed by atoms with van der Waals surface area (Å²) in [5, 5.41) is 5.92. The Morgan fingerprint density at radius 1 is 0.317 bits per heavy atom. The molecule has 0 bridgehead atoms. The Morgan fingerprint density at radius 3 is 1.41 bits per heavy atom. The third-order valence-corrected chi connectivity index (χ3v) is 12.2. The molecule has 0 saturated carbocycles. The molecule has 0 unspecified atom stereocenters. The number of pyridine rings is 1. The molecular weight excluding hydrogens is 765 g/mol. The van der Waals surface area contributed by atoms with Gasteiger partial charge in [0.15, 0.2) is 5.82 Å². The van der Waals surface area contributed by atoms with Gasteiger partial charge >= 0.3 is 0 Å². The Labute approximate surface area is 365 Å². The highest BCUT2D eigenvalue weighted by molar-refractivity contribution is 6.27. The largest absolute Gasteiger partial charge is 0.308 e. The maximum Gasteiger partial charge on any atom is 0.160 e. The van der Waals surface area contributed by atoms with Crippen LogP contribution in [0.5, 0.6) is 0 Å². The molecule has 3 aromatic heterocycles. The summed E-state index contributed by atoms with van der Waals surface area (Å²) in [5.74, 6) is 0.714. The summed E-state index contributed by atoms with van der Waals surface area (Å²) >= 11 is 0. The fraction of sp³-hybridized carbons (Fsp3) is 0. The molecule has 0 fully saturated rings. The fourth-order valence-corrected chi connectivity index (χ4v) is 9.13. The number of hydrogen-bond donors (Lipinski definition) is 0. The third-order valence-electron chi connectivity index (χ3n) is 12.2. The van der Waals surface area contributed by atoms with Gasteiger partial charge in [0.25, 0.3) is 0 Å². The Balaban J connectivity index is 0.889. The first-order valence-corrected chi connectivity index (χ1v) is 21.4. The molecule has 4 nitrogen and oxygen atoms in total. The van der Waals surface area contributed by atoms with Crippen LogP contribution in [-0.4, -0.2) is 19.5 Å². The summed E-state index contributed by atoms with van der Waals surface area (Å²) < 4.78 is 2.42. The Kier molecular flexibility index (Phi) is 8.79. The van der Waals surface area contributed by atoms with E-state index in [-0.39, 0.29) is 0 Å². The molecular formula is C59H38N4. The first kappa shape index (κ1) is 36.4.